The molecule has 1 amide bonds. The Kier molecular flexibility index (Phi) is 5.49. The van der Waals surface area contributed by atoms with E-state index in [0.717, 1.165) is 12.8 Å². The SMILES string of the molecule is Cc1cccc(C2(CNC(=O)CN3CCCS3(=O)=O)CCCCC2)c1. The molecule has 3 rings (SSSR count). The molecule has 1 heterocycles. The van der Waals surface area contributed by atoms with Gasteiger partial charge in [0.05, 0.1) is 12.3 Å². The molecule has 2 aliphatic rings. The van der Waals surface area contributed by atoms with Crippen molar-refractivity contribution in [3.8, 4) is 0 Å². The van der Waals surface area contributed by atoms with Gasteiger partial charge in [-0.25, -0.2) is 8.42 Å². The van der Waals surface area contributed by atoms with Crippen LogP contribution in [0.2, 0.25) is 0 Å². The highest BCUT2D eigenvalue weighted by molar-refractivity contribution is 7.89. The van der Waals surface area contributed by atoms with Crippen molar-refractivity contribution in [2.24, 2.45) is 0 Å². The molecule has 0 radical (unpaired) electrons. The first kappa shape index (κ1) is 18.4. The average molecular weight is 365 g/mol. The highest BCUT2D eigenvalue weighted by Crippen LogP contribution is 2.39. The van der Waals surface area contributed by atoms with Crippen LogP contribution >= 0.6 is 0 Å². The molecule has 138 valence electrons. The Bertz CT molecular complexity index is 724. The maximum atomic E-state index is 12.4. The van der Waals surface area contributed by atoms with Gasteiger partial charge in [-0.15, -0.1) is 0 Å². The van der Waals surface area contributed by atoms with Crippen LogP contribution in [0.15, 0.2) is 24.3 Å². The molecule has 5 nitrogen and oxygen atoms in total. The zero-order valence-electron chi connectivity index (χ0n) is 15.0. The fraction of sp³-hybridized carbons (Fsp3) is 0.632. The number of carbonyl (C=O) groups excluding carboxylic acids is 1. The van der Waals surface area contributed by atoms with Gasteiger partial charge in [-0.2, -0.15) is 4.31 Å². The summed E-state index contributed by atoms with van der Waals surface area (Å²) in [6, 6.07) is 8.56. The number of sulfonamides is 1. The highest BCUT2D eigenvalue weighted by atomic mass is 32.2. The summed E-state index contributed by atoms with van der Waals surface area (Å²) in [4.78, 5) is 12.4. The quantitative estimate of drug-likeness (QED) is 0.872. The summed E-state index contributed by atoms with van der Waals surface area (Å²) in [5.41, 5.74) is 2.50. The third kappa shape index (κ3) is 4.23. The fourth-order valence-electron chi connectivity index (χ4n) is 4.12. The summed E-state index contributed by atoms with van der Waals surface area (Å²) in [7, 11) is -3.23. The lowest BCUT2D eigenvalue weighted by Gasteiger charge is -2.38. The molecule has 0 bridgehead atoms. The lowest BCUT2D eigenvalue weighted by molar-refractivity contribution is -0.121. The first-order valence-electron chi connectivity index (χ1n) is 9.23. The van der Waals surface area contributed by atoms with Crippen LogP contribution in [-0.4, -0.2) is 44.0 Å². The highest BCUT2D eigenvalue weighted by Gasteiger charge is 2.35. The molecule has 6 heteroatoms. The number of nitrogens with zero attached hydrogens (tertiary/aromatic N) is 1. The van der Waals surface area contributed by atoms with Crippen molar-refractivity contribution in [2.75, 3.05) is 25.4 Å². The van der Waals surface area contributed by atoms with Crippen LogP contribution in [0.3, 0.4) is 0 Å². The monoisotopic (exact) mass is 364 g/mol. The summed E-state index contributed by atoms with van der Waals surface area (Å²) in [6.07, 6.45) is 6.34. The minimum Gasteiger partial charge on any atom is -0.354 e. The minimum absolute atomic E-state index is 0.0240. The van der Waals surface area contributed by atoms with Gasteiger partial charge in [0, 0.05) is 18.5 Å². The van der Waals surface area contributed by atoms with E-state index in [9.17, 15) is 13.2 Å². The molecule has 1 saturated heterocycles. The standard InChI is InChI=1S/C19H28N2O3S/c1-16-7-5-8-17(13-16)19(9-3-2-4-10-19)15-20-18(22)14-21-11-6-12-25(21,23)24/h5,7-8,13H,2-4,6,9-12,14-15H2,1H3,(H,20,22). The first-order valence-corrected chi connectivity index (χ1v) is 10.8. The maximum Gasteiger partial charge on any atom is 0.235 e. The van der Waals surface area contributed by atoms with Gasteiger partial charge >= 0.3 is 0 Å². The summed E-state index contributed by atoms with van der Waals surface area (Å²) < 4.78 is 25.1. The second-order valence-electron chi connectivity index (χ2n) is 7.49. The van der Waals surface area contributed by atoms with Gasteiger partial charge in [0.2, 0.25) is 15.9 Å². The van der Waals surface area contributed by atoms with Gasteiger partial charge in [-0.05, 0) is 31.7 Å². The number of aryl methyl sites for hydroxylation is 1. The Labute approximate surface area is 150 Å². The van der Waals surface area contributed by atoms with Crippen molar-refractivity contribution >= 4 is 15.9 Å². The normalized spacial score (nSPS) is 22.6. The van der Waals surface area contributed by atoms with Gasteiger partial charge in [0.1, 0.15) is 0 Å². The molecule has 1 aliphatic carbocycles. The molecule has 2 fully saturated rings. The van der Waals surface area contributed by atoms with E-state index in [0.29, 0.717) is 19.5 Å². The molecule has 1 aromatic carbocycles. The maximum absolute atomic E-state index is 12.4. The predicted octanol–water partition coefficient (Wildman–Crippen LogP) is 2.35. The van der Waals surface area contributed by atoms with Crippen molar-refractivity contribution in [1.82, 2.24) is 9.62 Å². The van der Waals surface area contributed by atoms with Crippen LogP contribution in [0, 0.1) is 6.92 Å². The zero-order chi connectivity index (χ0) is 17.9. The number of hydrogen-bond acceptors (Lipinski definition) is 3. The van der Waals surface area contributed by atoms with Crippen molar-refractivity contribution in [3.05, 3.63) is 35.4 Å². The van der Waals surface area contributed by atoms with E-state index >= 15 is 0 Å². The lowest BCUT2D eigenvalue weighted by atomic mass is 9.69. The van der Waals surface area contributed by atoms with Crippen LogP contribution in [0.1, 0.15) is 49.7 Å². The molecular formula is C19H28N2O3S. The minimum atomic E-state index is -3.23. The van der Waals surface area contributed by atoms with Gasteiger partial charge in [-0.1, -0.05) is 49.1 Å². The van der Waals surface area contributed by atoms with Crippen LogP contribution < -0.4 is 5.32 Å². The summed E-state index contributed by atoms with van der Waals surface area (Å²) >= 11 is 0. The van der Waals surface area contributed by atoms with Crippen molar-refractivity contribution < 1.29 is 13.2 Å². The molecule has 0 unspecified atom stereocenters. The molecular weight excluding hydrogens is 336 g/mol. The van der Waals surface area contributed by atoms with Gasteiger partial charge in [-0.3, -0.25) is 4.79 Å². The van der Waals surface area contributed by atoms with Crippen molar-refractivity contribution in [3.63, 3.8) is 0 Å². The Balaban J connectivity index is 1.68. The number of rotatable bonds is 5. The average Bonchev–Trinajstić information content (AvgIpc) is 2.92. The third-order valence-corrected chi connectivity index (χ3v) is 7.49. The predicted molar refractivity (Wildman–Crippen MR) is 98.9 cm³/mol. The summed E-state index contributed by atoms with van der Waals surface area (Å²) in [6.45, 7) is 3.09. The van der Waals surface area contributed by atoms with E-state index in [4.69, 9.17) is 0 Å². The van der Waals surface area contributed by atoms with E-state index in [1.807, 2.05) is 0 Å². The van der Waals surface area contributed by atoms with Crippen LogP contribution in [0.4, 0.5) is 0 Å². The first-order chi connectivity index (χ1) is 11.9. The van der Waals surface area contributed by atoms with Gasteiger partial charge in [0.25, 0.3) is 0 Å². The number of carbonyl (C=O) groups is 1. The molecule has 1 aliphatic heterocycles. The molecule has 1 aromatic rings. The fourth-order valence-corrected chi connectivity index (χ4v) is 5.60. The number of amides is 1. The Morgan fingerprint density at radius 1 is 1.20 bits per heavy atom. The number of hydrogen-bond donors (Lipinski definition) is 1. The van der Waals surface area contributed by atoms with E-state index in [1.165, 1.54) is 34.7 Å². The Hall–Kier alpha value is -1.40. The van der Waals surface area contributed by atoms with E-state index in [-0.39, 0.29) is 23.6 Å². The van der Waals surface area contributed by atoms with Crippen molar-refractivity contribution in [2.45, 2.75) is 50.9 Å². The second-order valence-corrected chi connectivity index (χ2v) is 9.58. The molecule has 0 spiro atoms. The summed E-state index contributed by atoms with van der Waals surface area (Å²) in [5, 5.41) is 3.03. The summed E-state index contributed by atoms with van der Waals surface area (Å²) in [5.74, 6) is -0.0314. The Morgan fingerprint density at radius 3 is 2.60 bits per heavy atom. The zero-order valence-corrected chi connectivity index (χ0v) is 15.8. The molecule has 0 aromatic heterocycles. The molecule has 0 atom stereocenters. The lowest BCUT2D eigenvalue weighted by Crippen LogP contribution is -2.45. The van der Waals surface area contributed by atoms with E-state index in [2.05, 4.69) is 36.5 Å². The van der Waals surface area contributed by atoms with Crippen LogP contribution in [0.25, 0.3) is 0 Å². The molecule has 1 saturated carbocycles. The smallest absolute Gasteiger partial charge is 0.235 e. The van der Waals surface area contributed by atoms with Crippen LogP contribution in [-0.2, 0) is 20.2 Å². The van der Waals surface area contributed by atoms with E-state index in [1.54, 1.807) is 0 Å². The second kappa shape index (κ2) is 7.46. The van der Waals surface area contributed by atoms with E-state index < -0.39 is 10.0 Å². The topological polar surface area (TPSA) is 66.5 Å². The molecule has 1 N–H and O–H groups in total. The third-order valence-electron chi connectivity index (χ3n) is 5.59. The number of benzene rings is 1. The van der Waals surface area contributed by atoms with Crippen LogP contribution in [0.5, 0.6) is 0 Å². The molecule has 25 heavy (non-hydrogen) atoms. The van der Waals surface area contributed by atoms with Gasteiger partial charge in [0.15, 0.2) is 0 Å². The van der Waals surface area contributed by atoms with Crippen molar-refractivity contribution in [1.29, 1.82) is 0 Å². The largest absolute Gasteiger partial charge is 0.354 e. The number of nitrogens with one attached hydrogen (secondary N) is 1. The Morgan fingerprint density at radius 2 is 1.96 bits per heavy atom. The van der Waals surface area contributed by atoms with Gasteiger partial charge < -0.3 is 5.32 Å².